The fourth-order valence-corrected chi connectivity index (χ4v) is 2.63. The van der Waals surface area contributed by atoms with Crippen molar-refractivity contribution in [2.45, 2.75) is 31.6 Å². The molecular weight excluding hydrogens is 226 g/mol. The van der Waals surface area contributed by atoms with Crippen LogP contribution in [-0.2, 0) is 4.79 Å². The van der Waals surface area contributed by atoms with E-state index < -0.39 is 23.5 Å². The standard InChI is InChI=1S/C13H14F2O2/c14-9-5-6-10(11(15)7-9)12(13(16)17)8-3-1-2-4-8/h5-8,12H,1-4H2,(H,16,17). The summed E-state index contributed by atoms with van der Waals surface area (Å²) in [6.07, 6.45) is 3.57. The normalized spacial score (nSPS) is 18.2. The highest BCUT2D eigenvalue weighted by molar-refractivity contribution is 5.76. The molecule has 0 heterocycles. The second-order valence-corrected chi connectivity index (χ2v) is 4.53. The fraction of sp³-hybridized carbons (Fsp3) is 0.462. The van der Waals surface area contributed by atoms with Crippen LogP contribution in [0, 0.1) is 17.6 Å². The zero-order chi connectivity index (χ0) is 12.4. The minimum Gasteiger partial charge on any atom is -0.481 e. The number of hydrogen-bond donors (Lipinski definition) is 1. The van der Waals surface area contributed by atoms with Crippen LogP contribution in [0.25, 0.3) is 0 Å². The third-order valence-corrected chi connectivity index (χ3v) is 3.43. The van der Waals surface area contributed by atoms with Crippen LogP contribution in [-0.4, -0.2) is 11.1 Å². The highest BCUT2D eigenvalue weighted by Crippen LogP contribution is 2.38. The fourth-order valence-electron chi connectivity index (χ4n) is 2.63. The molecule has 2 rings (SSSR count). The van der Waals surface area contributed by atoms with Crippen molar-refractivity contribution in [3.63, 3.8) is 0 Å². The van der Waals surface area contributed by atoms with Gasteiger partial charge in [-0.1, -0.05) is 18.9 Å². The van der Waals surface area contributed by atoms with E-state index in [0.29, 0.717) is 0 Å². The van der Waals surface area contributed by atoms with Gasteiger partial charge in [-0.15, -0.1) is 0 Å². The zero-order valence-electron chi connectivity index (χ0n) is 9.33. The molecule has 92 valence electrons. The zero-order valence-corrected chi connectivity index (χ0v) is 9.33. The number of aliphatic carboxylic acids is 1. The van der Waals surface area contributed by atoms with Crippen LogP contribution >= 0.6 is 0 Å². The number of halogens is 2. The lowest BCUT2D eigenvalue weighted by molar-refractivity contribution is -0.140. The molecule has 1 aliphatic rings. The summed E-state index contributed by atoms with van der Waals surface area (Å²) in [5, 5.41) is 9.22. The molecule has 1 unspecified atom stereocenters. The van der Waals surface area contributed by atoms with E-state index >= 15 is 0 Å². The van der Waals surface area contributed by atoms with Crippen molar-refractivity contribution in [3.05, 3.63) is 35.4 Å². The van der Waals surface area contributed by atoms with E-state index in [1.807, 2.05) is 0 Å². The Kier molecular flexibility index (Phi) is 3.41. The largest absolute Gasteiger partial charge is 0.481 e. The summed E-state index contributed by atoms with van der Waals surface area (Å²) in [5.41, 5.74) is 0.103. The molecule has 2 nitrogen and oxygen atoms in total. The number of rotatable bonds is 3. The highest BCUT2D eigenvalue weighted by atomic mass is 19.1. The van der Waals surface area contributed by atoms with Gasteiger partial charge in [0.1, 0.15) is 11.6 Å². The van der Waals surface area contributed by atoms with E-state index in [-0.39, 0.29) is 11.5 Å². The average Bonchev–Trinajstić information content (AvgIpc) is 2.74. The van der Waals surface area contributed by atoms with Gasteiger partial charge in [0, 0.05) is 11.6 Å². The van der Waals surface area contributed by atoms with Crippen molar-refractivity contribution in [2.24, 2.45) is 5.92 Å². The van der Waals surface area contributed by atoms with Gasteiger partial charge in [0.2, 0.25) is 0 Å². The van der Waals surface area contributed by atoms with Crippen LogP contribution in [0.2, 0.25) is 0 Å². The number of benzene rings is 1. The van der Waals surface area contributed by atoms with E-state index in [4.69, 9.17) is 0 Å². The molecule has 0 aromatic heterocycles. The maximum Gasteiger partial charge on any atom is 0.311 e. The van der Waals surface area contributed by atoms with Crippen LogP contribution in [0.15, 0.2) is 18.2 Å². The molecule has 1 aliphatic carbocycles. The third kappa shape index (κ3) is 2.46. The summed E-state index contributed by atoms with van der Waals surface area (Å²) in [7, 11) is 0. The molecule has 1 N–H and O–H groups in total. The minimum atomic E-state index is -1.03. The number of carbonyl (C=O) groups is 1. The van der Waals surface area contributed by atoms with Gasteiger partial charge in [-0.3, -0.25) is 4.79 Å². The Morgan fingerprint density at radius 2 is 1.94 bits per heavy atom. The monoisotopic (exact) mass is 240 g/mol. The molecule has 1 atom stereocenters. The first-order valence-electron chi connectivity index (χ1n) is 5.77. The van der Waals surface area contributed by atoms with Gasteiger partial charge in [-0.05, 0) is 24.8 Å². The van der Waals surface area contributed by atoms with Gasteiger partial charge in [0.15, 0.2) is 0 Å². The van der Waals surface area contributed by atoms with E-state index in [1.54, 1.807) is 0 Å². The van der Waals surface area contributed by atoms with E-state index in [2.05, 4.69) is 0 Å². The Morgan fingerprint density at radius 3 is 2.47 bits per heavy atom. The van der Waals surface area contributed by atoms with Gasteiger partial charge in [-0.2, -0.15) is 0 Å². The van der Waals surface area contributed by atoms with Crippen molar-refractivity contribution in [2.75, 3.05) is 0 Å². The third-order valence-electron chi connectivity index (χ3n) is 3.43. The van der Waals surface area contributed by atoms with E-state index in [1.165, 1.54) is 6.07 Å². The number of carboxylic acid groups (broad SMARTS) is 1. The van der Waals surface area contributed by atoms with Crippen molar-refractivity contribution >= 4 is 5.97 Å². The first kappa shape index (κ1) is 12.0. The molecule has 0 spiro atoms. The van der Waals surface area contributed by atoms with E-state index in [0.717, 1.165) is 37.8 Å². The smallest absolute Gasteiger partial charge is 0.311 e. The van der Waals surface area contributed by atoms with E-state index in [9.17, 15) is 18.7 Å². The molecule has 1 aromatic carbocycles. The summed E-state index contributed by atoms with van der Waals surface area (Å²) in [6, 6.07) is 3.12. The highest BCUT2D eigenvalue weighted by Gasteiger charge is 2.33. The molecule has 0 aliphatic heterocycles. The predicted octanol–water partition coefficient (Wildman–Crippen LogP) is 3.32. The Labute approximate surface area is 98.3 Å². The van der Waals surface area contributed by atoms with Crippen LogP contribution < -0.4 is 0 Å². The second kappa shape index (κ2) is 4.82. The van der Waals surface area contributed by atoms with Crippen molar-refractivity contribution in [1.29, 1.82) is 0 Å². The summed E-state index contributed by atoms with van der Waals surface area (Å²) < 4.78 is 26.4. The first-order chi connectivity index (χ1) is 8.09. The second-order valence-electron chi connectivity index (χ2n) is 4.53. The summed E-state index contributed by atoms with van der Waals surface area (Å²) in [5.74, 6) is -3.35. The number of carboxylic acids is 1. The van der Waals surface area contributed by atoms with Crippen LogP contribution in [0.3, 0.4) is 0 Å². The summed E-state index contributed by atoms with van der Waals surface area (Å²) >= 11 is 0. The SMILES string of the molecule is O=C(O)C(c1ccc(F)cc1F)C1CCCC1. The predicted molar refractivity (Wildman–Crippen MR) is 58.7 cm³/mol. The molecule has 1 aromatic rings. The quantitative estimate of drug-likeness (QED) is 0.879. The topological polar surface area (TPSA) is 37.3 Å². The van der Waals surface area contributed by atoms with Gasteiger partial charge < -0.3 is 5.11 Å². The molecule has 0 amide bonds. The average molecular weight is 240 g/mol. The van der Waals surface area contributed by atoms with Crippen molar-refractivity contribution in [3.8, 4) is 0 Å². The molecule has 0 radical (unpaired) electrons. The minimum absolute atomic E-state index is 0.0348. The van der Waals surface area contributed by atoms with Gasteiger partial charge in [0.05, 0.1) is 5.92 Å². The summed E-state index contributed by atoms with van der Waals surface area (Å²) in [6.45, 7) is 0. The van der Waals surface area contributed by atoms with Crippen LogP contribution in [0.1, 0.15) is 37.2 Å². The molecule has 0 bridgehead atoms. The van der Waals surface area contributed by atoms with Crippen molar-refractivity contribution in [1.82, 2.24) is 0 Å². The van der Waals surface area contributed by atoms with Crippen LogP contribution in [0.5, 0.6) is 0 Å². The molecule has 0 saturated heterocycles. The molecule has 1 saturated carbocycles. The maximum absolute atomic E-state index is 13.6. The Hall–Kier alpha value is -1.45. The Bertz CT molecular complexity index is 425. The lowest BCUT2D eigenvalue weighted by Gasteiger charge is -2.20. The number of hydrogen-bond acceptors (Lipinski definition) is 1. The lowest BCUT2D eigenvalue weighted by Crippen LogP contribution is -2.20. The van der Waals surface area contributed by atoms with Gasteiger partial charge in [-0.25, -0.2) is 8.78 Å². The summed E-state index contributed by atoms with van der Waals surface area (Å²) in [4.78, 5) is 11.3. The molecule has 1 fully saturated rings. The van der Waals surface area contributed by atoms with Gasteiger partial charge >= 0.3 is 5.97 Å². The first-order valence-corrected chi connectivity index (χ1v) is 5.77. The van der Waals surface area contributed by atoms with Crippen molar-refractivity contribution < 1.29 is 18.7 Å². The van der Waals surface area contributed by atoms with Crippen LogP contribution in [0.4, 0.5) is 8.78 Å². The molecule has 17 heavy (non-hydrogen) atoms. The van der Waals surface area contributed by atoms with Gasteiger partial charge in [0.25, 0.3) is 0 Å². The lowest BCUT2D eigenvalue weighted by atomic mass is 9.84. The molecular formula is C13H14F2O2. The maximum atomic E-state index is 13.6. The molecule has 4 heteroatoms. The Balaban J connectivity index is 2.35. The Morgan fingerprint density at radius 1 is 1.29 bits per heavy atom.